The maximum absolute atomic E-state index is 11.8. The van der Waals surface area contributed by atoms with Crippen LogP contribution in [0, 0.1) is 45.3 Å². The van der Waals surface area contributed by atoms with Gasteiger partial charge in [-0.3, -0.25) is 4.79 Å². The highest BCUT2D eigenvalue weighted by Gasteiger charge is 2.80. The van der Waals surface area contributed by atoms with E-state index in [1.54, 1.807) is 13.8 Å². The van der Waals surface area contributed by atoms with Gasteiger partial charge in [0.15, 0.2) is 6.10 Å². The molecule has 11 atom stereocenters. The average molecular weight is 489 g/mol. The van der Waals surface area contributed by atoms with E-state index < -0.39 is 11.7 Å². The van der Waals surface area contributed by atoms with E-state index >= 15 is 0 Å². The number of hydrogen-bond acceptors (Lipinski definition) is 5. The van der Waals surface area contributed by atoms with Gasteiger partial charge in [-0.05, 0) is 123 Å². The third kappa shape index (κ3) is 3.19. The van der Waals surface area contributed by atoms with Gasteiger partial charge >= 0.3 is 5.97 Å². The van der Waals surface area contributed by atoms with Crippen molar-refractivity contribution in [3.8, 4) is 0 Å². The lowest BCUT2D eigenvalue weighted by Gasteiger charge is -2.59. The molecule has 0 aromatic heterocycles. The molecular weight excluding hydrogens is 440 g/mol. The van der Waals surface area contributed by atoms with Gasteiger partial charge < -0.3 is 19.7 Å². The highest BCUT2D eigenvalue weighted by molar-refractivity contribution is 5.66. The first-order valence-corrected chi connectivity index (χ1v) is 14.5. The molecule has 5 unspecified atom stereocenters. The molecule has 6 fully saturated rings. The van der Waals surface area contributed by atoms with Gasteiger partial charge in [0.2, 0.25) is 0 Å². The topological polar surface area (TPSA) is 76.0 Å². The van der Waals surface area contributed by atoms with Crippen molar-refractivity contribution in [3.05, 3.63) is 0 Å². The Balaban J connectivity index is 1.24. The van der Waals surface area contributed by atoms with E-state index in [-0.39, 0.29) is 29.7 Å². The summed E-state index contributed by atoms with van der Waals surface area (Å²) in [5, 5.41) is 21.6. The predicted molar refractivity (Wildman–Crippen MR) is 133 cm³/mol. The van der Waals surface area contributed by atoms with Crippen LogP contribution in [-0.2, 0) is 14.3 Å². The molecule has 2 N–H and O–H groups in total. The summed E-state index contributed by atoms with van der Waals surface area (Å²) in [6.07, 6.45) is 11.1. The van der Waals surface area contributed by atoms with Gasteiger partial charge in [-0.1, -0.05) is 20.8 Å². The molecule has 1 aliphatic heterocycles. The number of aliphatic hydroxyl groups is 2. The van der Waals surface area contributed by atoms with Gasteiger partial charge in [0, 0.05) is 6.92 Å². The summed E-state index contributed by atoms with van der Waals surface area (Å²) >= 11 is 0. The van der Waals surface area contributed by atoms with Crippen molar-refractivity contribution >= 4 is 5.97 Å². The molecule has 0 aromatic rings. The van der Waals surface area contributed by atoms with E-state index in [1.165, 1.54) is 45.4 Å². The van der Waals surface area contributed by atoms with E-state index in [4.69, 9.17) is 9.47 Å². The minimum atomic E-state index is -1.13. The second kappa shape index (κ2) is 7.47. The first-order chi connectivity index (χ1) is 16.3. The molecule has 6 aliphatic rings. The Hall–Kier alpha value is -0.650. The van der Waals surface area contributed by atoms with Gasteiger partial charge in [-0.15, -0.1) is 0 Å². The molecule has 35 heavy (non-hydrogen) atoms. The predicted octanol–water partition coefficient (Wildman–Crippen LogP) is 5.26. The summed E-state index contributed by atoms with van der Waals surface area (Å²) in [6, 6.07) is 0. The molecule has 2 spiro atoms. The molecule has 0 aromatic carbocycles. The zero-order valence-corrected chi connectivity index (χ0v) is 22.8. The fourth-order valence-electron chi connectivity index (χ4n) is 11.3. The average Bonchev–Trinajstić information content (AvgIpc) is 3.34. The smallest absolute Gasteiger partial charge is 0.303 e. The Morgan fingerprint density at radius 2 is 1.69 bits per heavy atom. The van der Waals surface area contributed by atoms with Crippen LogP contribution in [0.2, 0.25) is 0 Å². The summed E-state index contributed by atoms with van der Waals surface area (Å²) in [6.45, 7) is 12.1. The van der Waals surface area contributed by atoms with E-state index in [0.29, 0.717) is 34.0 Å². The number of rotatable bonds is 3. The monoisotopic (exact) mass is 488 g/mol. The van der Waals surface area contributed by atoms with Crippen LogP contribution in [0.15, 0.2) is 0 Å². The molecule has 6 rings (SSSR count). The molecule has 0 radical (unpaired) electrons. The minimum absolute atomic E-state index is 0.0380. The Bertz CT molecular complexity index is 892. The van der Waals surface area contributed by atoms with Gasteiger partial charge in [0.1, 0.15) is 0 Å². The second-order valence-corrected chi connectivity index (χ2v) is 15.0. The molecule has 5 nitrogen and oxygen atoms in total. The van der Waals surface area contributed by atoms with Crippen molar-refractivity contribution in [2.24, 2.45) is 45.3 Å². The molecule has 0 amide bonds. The fourth-order valence-corrected chi connectivity index (χ4v) is 11.3. The number of aliphatic hydroxyl groups excluding tert-OH is 1. The van der Waals surface area contributed by atoms with Gasteiger partial charge in [0.25, 0.3) is 0 Å². The zero-order chi connectivity index (χ0) is 25.2. The first-order valence-electron chi connectivity index (χ1n) is 14.5. The lowest BCUT2D eigenvalue weighted by molar-refractivity contribution is -0.200. The number of ether oxygens (including phenoxy) is 2. The van der Waals surface area contributed by atoms with Crippen LogP contribution in [0.5, 0.6) is 0 Å². The minimum Gasteiger partial charge on any atom is -0.457 e. The van der Waals surface area contributed by atoms with Crippen LogP contribution in [-0.4, -0.2) is 46.2 Å². The number of fused-ring (bicyclic) bond motifs is 4. The summed E-state index contributed by atoms with van der Waals surface area (Å²) in [5.74, 6) is 2.37. The second-order valence-electron chi connectivity index (χ2n) is 15.0. The molecule has 1 saturated heterocycles. The van der Waals surface area contributed by atoms with Gasteiger partial charge in [0.05, 0.1) is 23.9 Å². The zero-order valence-electron chi connectivity index (χ0n) is 22.8. The lowest BCUT2D eigenvalue weighted by Crippen LogP contribution is -2.54. The number of carbonyl (C=O) groups excluding carboxylic acids is 1. The molecule has 198 valence electrons. The SMILES string of the molecule is CC(=O)O[C@@H]([C@H]1CCC2[C@@H](CC3[C@@H]4CCC5C(C)(C)[C@@H](O)CCC56C[C@@]46CCC23C)O1)C(C)(C)O. The lowest BCUT2D eigenvalue weighted by atomic mass is 9.46. The van der Waals surface area contributed by atoms with E-state index in [9.17, 15) is 15.0 Å². The molecule has 1 heterocycles. The highest BCUT2D eigenvalue weighted by Crippen LogP contribution is 2.87. The van der Waals surface area contributed by atoms with Crippen LogP contribution in [0.25, 0.3) is 0 Å². The maximum Gasteiger partial charge on any atom is 0.303 e. The summed E-state index contributed by atoms with van der Waals surface area (Å²) in [5.41, 5.74) is 0.212. The molecular formula is C30H48O5. The largest absolute Gasteiger partial charge is 0.457 e. The van der Waals surface area contributed by atoms with Crippen molar-refractivity contribution in [1.29, 1.82) is 0 Å². The third-order valence-electron chi connectivity index (χ3n) is 12.9. The Morgan fingerprint density at radius 3 is 2.37 bits per heavy atom. The molecule has 5 aliphatic carbocycles. The van der Waals surface area contributed by atoms with Crippen LogP contribution in [0.1, 0.15) is 106 Å². The molecule has 0 bridgehead atoms. The van der Waals surface area contributed by atoms with Gasteiger partial charge in [-0.2, -0.15) is 0 Å². The Morgan fingerprint density at radius 1 is 0.971 bits per heavy atom. The third-order valence-corrected chi connectivity index (χ3v) is 12.9. The van der Waals surface area contributed by atoms with E-state index in [2.05, 4.69) is 20.8 Å². The van der Waals surface area contributed by atoms with Gasteiger partial charge in [-0.25, -0.2) is 0 Å². The number of carbonyl (C=O) groups is 1. The first kappa shape index (κ1) is 24.7. The number of hydrogen-bond donors (Lipinski definition) is 2. The van der Waals surface area contributed by atoms with Crippen molar-refractivity contribution in [2.75, 3.05) is 0 Å². The highest BCUT2D eigenvalue weighted by atomic mass is 16.6. The molecule has 5 saturated carbocycles. The summed E-state index contributed by atoms with van der Waals surface area (Å²) < 4.78 is 12.4. The van der Waals surface area contributed by atoms with Crippen LogP contribution in [0.4, 0.5) is 0 Å². The van der Waals surface area contributed by atoms with Crippen LogP contribution >= 0.6 is 0 Å². The normalized spacial score (nSPS) is 52.7. The standard InChI is InChI=1S/C30H48O5/c1-17(31)34-25(27(4,5)33)21-9-7-19-22(35-21)15-20-18-8-10-23-26(2,3)24(32)11-12-30(23)16-29(18,30)14-13-28(19,20)6/h18-25,32-33H,7-16H2,1-6H3/t18-,19?,20?,21+,22+,23?,24-,25-,28?,29-,30?/m0/s1. The number of esters is 1. The maximum atomic E-state index is 11.8. The van der Waals surface area contributed by atoms with Crippen molar-refractivity contribution in [1.82, 2.24) is 0 Å². The summed E-state index contributed by atoms with van der Waals surface area (Å²) in [7, 11) is 0. The van der Waals surface area contributed by atoms with Crippen LogP contribution in [0.3, 0.4) is 0 Å². The van der Waals surface area contributed by atoms with Crippen molar-refractivity contribution in [3.63, 3.8) is 0 Å². The van der Waals surface area contributed by atoms with Crippen molar-refractivity contribution < 1.29 is 24.5 Å². The Labute approximate surface area is 211 Å². The summed E-state index contributed by atoms with van der Waals surface area (Å²) in [4.78, 5) is 11.8. The van der Waals surface area contributed by atoms with Crippen molar-refractivity contribution in [2.45, 2.75) is 136 Å². The quantitative estimate of drug-likeness (QED) is 0.530. The van der Waals surface area contributed by atoms with Crippen LogP contribution < -0.4 is 0 Å². The van der Waals surface area contributed by atoms with E-state index in [0.717, 1.165) is 31.6 Å². The molecule has 5 heteroatoms. The fraction of sp³-hybridized carbons (Fsp3) is 0.967. The Kier molecular flexibility index (Phi) is 5.27. The van der Waals surface area contributed by atoms with E-state index in [1.807, 2.05) is 0 Å².